The molecule has 9 heteroatoms. The van der Waals surface area contributed by atoms with Crippen LogP contribution in [0.4, 0.5) is 10.2 Å². The quantitative estimate of drug-likeness (QED) is 0.158. The zero-order valence-corrected chi connectivity index (χ0v) is 23.3. The van der Waals surface area contributed by atoms with Crippen LogP contribution < -0.4 is 17.2 Å². The van der Waals surface area contributed by atoms with E-state index in [9.17, 15) is 9.65 Å². The second-order valence-electron chi connectivity index (χ2n) is 8.24. The first-order valence-electron chi connectivity index (χ1n) is 12.3. The van der Waals surface area contributed by atoms with Crippen molar-refractivity contribution < 1.29 is 9.18 Å². The Kier molecular flexibility index (Phi) is 14.5. The SMILES string of the molecule is C=O.CC=N/C=C(C#N)\C=C(/Cc1ccc(-c2cnc(N)c(C(N)=NC)c2)cc1)C(C)c1ccc(F)cc1.CN. The summed E-state index contributed by atoms with van der Waals surface area (Å²) in [5.74, 6) is 0.343. The standard InChI is InChI=1S/C29H29FN6.CH5N.CH2O/c1-4-35-17-21(16-31)14-24(19(2)22-9-11-26(30)12-10-22)13-20-5-7-23(8-6-20)25-15-27(28(32)34-3)29(33)36-18-25;2*1-2/h4-12,14-15,17-19H,13H2,1-3H3,(H2,32,34)(H2,33,36);2H2,1H3;1H2/b21-17+,24-14+,35-4?;;. The van der Waals surface area contributed by atoms with E-state index in [1.165, 1.54) is 25.4 Å². The Morgan fingerprint density at radius 1 is 1.12 bits per heavy atom. The van der Waals surface area contributed by atoms with Crippen LogP contribution in [0.5, 0.6) is 0 Å². The van der Waals surface area contributed by atoms with E-state index in [4.69, 9.17) is 16.3 Å². The molecular formula is C31H36FN7O. The van der Waals surface area contributed by atoms with Gasteiger partial charge in [0.1, 0.15) is 30.3 Å². The van der Waals surface area contributed by atoms with E-state index in [0.29, 0.717) is 29.2 Å². The molecule has 0 aliphatic heterocycles. The number of hydrogen-bond acceptors (Lipinski definition) is 7. The van der Waals surface area contributed by atoms with Gasteiger partial charge in [0.15, 0.2) is 0 Å². The highest BCUT2D eigenvalue weighted by atomic mass is 19.1. The third kappa shape index (κ3) is 9.42. The maximum absolute atomic E-state index is 13.5. The van der Waals surface area contributed by atoms with Crippen LogP contribution in [0, 0.1) is 17.1 Å². The van der Waals surface area contributed by atoms with Crippen molar-refractivity contribution in [3.63, 3.8) is 0 Å². The molecule has 0 fully saturated rings. The number of pyridine rings is 1. The molecule has 2 aromatic carbocycles. The van der Waals surface area contributed by atoms with Gasteiger partial charge in [-0.25, -0.2) is 9.37 Å². The lowest BCUT2D eigenvalue weighted by Gasteiger charge is -2.17. The molecule has 1 aromatic heterocycles. The maximum atomic E-state index is 13.5. The predicted molar refractivity (Wildman–Crippen MR) is 162 cm³/mol. The Balaban J connectivity index is 0.00000191. The van der Waals surface area contributed by atoms with E-state index >= 15 is 0 Å². The number of halogens is 1. The summed E-state index contributed by atoms with van der Waals surface area (Å²) < 4.78 is 13.5. The van der Waals surface area contributed by atoms with Crippen LogP contribution in [0.2, 0.25) is 0 Å². The van der Waals surface area contributed by atoms with Crippen LogP contribution in [0.25, 0.3) is 11.1 Å². The summed E-state index contributed by atoms with van der Waals surface area (Å²) in [7, 11) is 3.11. The topological polar surface area (TPSA) is 157 Å². The van der Waals surface area contributed by atoms with Crippen molar-refractivity contribution in [2.75, 3.05) is 19.8 Å². The van der Waals surface area contributed by atoms with E-state index in [1.54, 1.807) is 38.5 Å². The maximum Gasteiger partial charge on any atom is 0.134 e. The van der Waals surface area contributed by atoms with Crippen LogP contribution >= 0.6 is 0 Å². The summed E-state index contributed by atoms with van der Waals surface area (Å²) >= 11 is 0. The zero-order chi connectivity index (χ0) is 30.1. The van der Waals surface area contributed by atoms with Crippen molar-refractivity contribution in [1.82, 2.24) is 4.98 Å². The second-order valence-corrected chi connectivity index (χ2v) is 8.24. The number of rotatable bonds is 8. The normalized spacial score (nSPS) is 12.5. The summed E-state index contributed by atoms with van der Waals surface area (Å²) in [5.41, 5.74) is 22.3. The molecule has 208 valence electrons. The lowest BCUT2D eigenvalue weighted by Crippen LogP contribution is -2.16. The molecular weight excluding hydrogens is 505 g/mol. The van der Waals surface area contributed by atoms with Gasteiger partial charge in [-0.05, 0) is 61.4 Å². The molecule has 0 bridgehead atoms. The van der Waals surface area contributed by atoms with Crippen LogP contribution in [0.15, 0.2) is 94.2 Å². The molecule has 3 rings (SSSR count). The molecule has 3 aromatic rings. The monoisotopic (exact) mass is 541 g/mol. The van der Waals surface area contributed by atoms with Gasteiger partial charge in [-0.3, -0.25) is 9.98 Å². The molecule has 0 aliphatic carbocycles. The van der Waals surface area contributed by atoms with Gasteiger partial charge in [0, 0.05) is 37.1 Å². The van der Waals surface area contributed by atoms with E-state index in [2.05, 4.69) is 26.8 Å². The summed E-state index contributed by atoms with van der Waals surface area (Å²) in [5, 5.41) is 9.60. The predicted octanol–water partition coefficient (Wildman–Crippen LogP) is 4.97. The average molecular weight is 542 g/mol. The highest BCUT2D eigenvalue weighted by Gasteiger charge is 2.14. The van der Waals surface area contributed by atoms with Gasteiger partial charge in [-0.2, -0.15) is 5.26 Å². The van der Waals surface area contributed by atoms with Crippen molar-refractivity contribution in [3.05, 3.63) is 107 Å². The molecule has 0 spiro atoms. The molecule has 1 heterocycles. The van der Waals surface area contributed by atoms with Gasteiger partial charge in [-0.1, -0.05) is 48.9 Å². The Labute approximate surface area is 235 Å². The molecule has 8 nitrogen and oxygen atoms in total. The number of amidine groups is 1. The van der Waals surface area contributed by atoms with Gasteiger partial charge in [-0.15, -0.1) is 0 Å². The number of carbonyl (C=O) groups excluding carboxylic acids is 1. The first-order chi connectivity index (χ1) is 19.4. The van der Waals surface area contributed by atoms with Crippen molar-refractivity contribution >= 4 is 24.7 Å². The van der Waals surface area contributed by atoms with Crippen molar-refractivity contribution in [1.29, 1.82) is 5.26 Å². The number of hydrogen-bond donors (Lipinski definition) is 3. The number of benzene rings is 2. The number of allylic oxidation sites excluding steroid dienone is 3. The van der Waals surface area contributed by atoms with Crippen molar-refractivity contribution in [2.24, 2.45) is 21.5 Å². The first-order valence-corrected chi connectivity index (χ1v) is 12.3. The van der Waals surface area contributed by atoms with Crippen LogP contribution in [0.1, 0.15) is 36.5 Å². The highest BCUT2D eigenvalue weighted by molar-refractivity contribution is 6.02. The number of carbonyl (C=O) groups is 1. The van der Waals surface area contributed by atoms with E-state index in [0.717, 1.165) is 27.8 Å². The third-order valence-electron chi connectivity index (χ3n) is 5.89. The molecule has 0 aliphatic rings. The van der Waals surface area contributed by atoms with Crippen molar-refractivity contribution in [3.8, 4) is 17.2 Å². The number of nitriles is 1. The van der Waals surface area contributed by atoms with Gasteiger partial charge in [0.05, 0.1) is 11.1 Å². The van der Waals surface area contributed by atoms with E-state index in [-0.39, 0.29) is 11.7 Å². The smallest absolute Gasteiger partial charge is 0.134 e. The fraction of sp³-hybridized carbons (Fsp3) is 0.194. The lowest BCUT2D eigenvalue weighted by atomic mass is 9.87. The van der Waals surface area contributed by atoms with Crippen molar-refractivity contribution in [2.45, 2.75) is 26.2 Å². The second kappa shape index (κ2) is 17.5. The molecule has 6 N–H and O–H groups in total. The molecule has 0 saturated carbocycles. The fourth-order valence-electron chi connectivity index (χ4n) is 3.76. The number of aromatic nitrogens is 1. The molecule has 0 amide bonds. The summed E-state index contributed by atoms with van der Waals surface area (Å²) in [6.45, 7) is 5.84. The fourth-order valence-corrected chi connectivity index (χ4v) is 3.76. The van der Waals surface area contributed by atoms with E-state index < -0.39 is 0 Å². The number of aliphatic imine (C=N–C) groups is 2. The van der Waals surface area contributed by atoms with E-state index in [1.807, 2.05) is 50.1 Å². The summed E-state index contributed by atoms with van der Waals surface area (Å²) in [6, 6.07) is 18.6. The minimum atomic E-state index is -0.283. The Hall–Kier alpha value is -4.94. The number of nitrogens with two attached hydrogens (primary N) is 3. The van der Waals surface area contributed by atoms with Gasteiger partial charge < -0.3 is 22.0 Å². The zero-order valence-electron chi connectivity index (χ0n) is 23.3. The van der Waals surface area contributed by atoms with Crippen LogP contribution in [0.3, 0.4) is 0 Å². The van der Waals surface area contributed by atoms with Crippen LogP contribution in [-0.2, 0) is 11.2 Å². The highest BCUT2D eigenvalue weighted by Crippen LogP contribution is 2.29. The molecule has 1 atom stereocenters. The number of nitrogen functional groups attached to an aromatic ring is 1. The van der Waals surface area contributed by atoms with Gasteiger partial charge in [0.2, 0.25) is 0 Å². The number of nitrogens with zero attached hydrogens (tertiary/aromatic N) is 4. The van der Waals surface area contributed by atoms with Gasteiger partial charge in [0.25, 0.3) is 0 Å². The minimum Gasteiger partial charge on any atom is -0.383 e. The number of anilines is 1. The first kappa shape index (κ1) is 33.1. The molecule has 0 radical (unpaired) electrons. The van der Waals surface area contributed by atoms with Crippen LogP contribution in [-0.4, -0.2) is 37.9 Å². The largest absolute Gasteiger partial charge is 0.383 e. The Morgan fingerprint density at radius 2 is 1.75 bits per heavy atom. The summed E-state index contributed by atoms with van der Waals surface area (Å²) in [4.78, 5) is 20.4. The average Bonchev–Trinajstić information content (AvgIpc) is 3.01. The van der Waals surface area contributed by atoms with Gasteiger partial charge >= 0.3 is 0 Å². The molecule has 40 heavy (non-hydrogen) atoms. The minimum absolute atomic E-state index is 0.0344. The summed E-state index contributed by atoms with van der Waals surface area (Å²) in [6.07, 6.45) is 7.34. The third-order valence-corrected chi connectivity index (χ3v) is 5.89. The Bertz CT molecular complexity index is 1390. The molecule has 0 saturated heterocycles. The lowest BCUT2D eigenvalue weighted by molar-refractivity contribution is -0.0980. The molecule has 1 unspecified atom stereocenters. The Morgan fingerprint density at radius 3 is 2.30 bits per heavy atom.